The van der Waals surface area contributed by atoms with Crippen LogP contribution in [0.15, 0.2) is 29.0 Å². The van der Waals surface area contributed by atoms with Gasteiger partial charge in [-0.3, -0.25) is 4.79 Å². The Labute approximate surface area is 155 Å². The molecule has 1 aromatic heterocycles. The van der Waals surface area contributed by atoms with Crippen molar-refractivity contribution in [1.29, 1.82) is 0 Å². The summed E-state index contributed by atoms with van der Waals surface area (Å²) >= 11 is 3.52. The molecule has 2 fully saturated rings. The summed E-state index contributed by atoms with van der Waals surface area (Å²) in [5.41, 5.74) is 0.920. The van der Waals surface area contributed by atoms with E-state index in [1.807, 2.05) is 18.2 Å². The average Bonchev–Trinajstić information content (AvgIpc) is 3.12. The summed E-state index contributed by atoms with van der Waals surface area (Å²) in [7, 11) is 0. The minimum atomic E-state index is 0.0139. The normalized spacial score (nSPS) is 21.6. The summed E-state index contributed by atoms with van der Waals surface area (Å²) in [5.74, 6) is 1.08. The molecule has 1 amide bonds. The molecule has 2 saturated heterocycles. The fourth-order valence-corrected chi connectivity index (χ4v) is 3.96. The number of benzene rings is 1. The highest BCUT2D eigenvalue weighted by atomic mass is 79.9. The van der Waals surface area contributed by atoms with Gasteiger partial charge in [0.25, 0.3) is 0 Å². The van der Waals surface area contributed by atoms with E-state index in [4.69, 9.17) is 4.74 Å². The van der Waals surface area contributed by atoms with Crippen LogP contribution in [0.25, 0.3) is 10.9 Å². The first-order chi connectivity index (χ1) is 12.2. The smallest absolute Gasteiger partial charge is 0.225 e. The van der Waals surface area contributed by atoms with Crippen LogP contribution >= 0.6 is 15.9 Å². The zero-order valence-electron chi connectivity index (χ0n) is 13.9. The molecule has 2 aliphatic rings. The van der Waals surface area contributed by atoms with Crippen molar-refractivity contribution in [2.45, 2.75) is 25.3 Å². The van der Waals surface area contributed by atoms with Crippen molar-refractivity contribution in [3.05, 3.63) is 29.0 Å². The third kappa shape index (κ3) is 3.62. The summed E-state index contributed by atoms with van der Waals surface area (Å²) in [6.45, 7) is 3.02. The van der Waals surface area contributed by atoms with Crippen LogP contribution < -0.4 is 10.2 Å². The topological polar surface area (TPSA) is 67.3 Å². The van der Waals surface area contributed by atoms with Gasteiger partial charge in [-0.1, -0.05) is 15.9 Å². The number of halogens is 1. The second-order valence-corrected chi connectivity index (χ2v) is 7.60. The first-order valence-corrected chi connectivity index (χ1v) is 9.53. The standard InChI is InChI=1S/C18H21BrN4O2/c19-13-1-2-16-15(9-13)17(21-11-20-16)23-6-3-12(10-23)18(24)22-14-4-7-25-8-5-14/h1-2,9,11-12,14H,3-8,10H2,(H,22,24). The van der Waals surface area contributed by atoms with Crippen molar-refractivity contribution in [2.24, 2.45) is 5.92 Å². The number of amides is 1. The Kier molecular flexibility index (Phi) is 4.85. The van der Waals surface area contributed by atoms with Crippen molar-refractivity contribution in [3.8, 4) is 0 Å². The molecule has 132 valence electrons. The molecule has 0 spiro atoms. The van der Waals surface area contributed by atoms with Crippen LogP contribution in [0.5, 0.6) is 0 Å². The number of nitrogens with one attached hydrogen (secondary N) is 1. The van der Waals surface area contributed by atoms with E-state index in [-0.39, 0.29) is 17.9 Å². The van der Waals surface area contributed by atoms with Crippen LogP contribution in [0.2, 0.25) is 0 Å². The zero-order valence-corrected chi connectivity index (χ0v) is 15.5. The number of anilines is 1. The zero-order chi connectivity index (χ0) is 17.2. The molecule has 0 saturated carbocycles. The largest absolute Gasteiger partial charge is 0.381 e. The third-order valence-electron chi connectivity index (χ3n) is 5.00. The van der Waals surface area contributed by atoms with Gasteiger partial charge in [-0.2, -0.15) is 0 Å². The Morgan fingerprint density at radius 1 is 1.24 bits per heavy atom. The lowest BCUT2D eigenvalue weighted by molar-refractivity contribution is -0.125. The number of fused-ring (bicyclic) bond motifs is 1. The molecular weight excluding hydrogens is 384 g/mol. The van der Waals surface area contributed by atoms with Crippen molar-refractivity contribution < 1.29 is 9.53 Å². The molecule has 1 aromatic carbocycles. The number of hydrogen-bond donors (Lipinski definition) is 1. The van der Waals surface area contributed by atoms with Crippen molar-refractivity contribution in [2.75, 3.05) is 31.2 Å². The summed E-state index contributed by atoms with van der Waals surface area (Å²) in [6.07, 6.45) is 4.27. The first kappa shape index (κ1) is 16.7. The van der Waals surface area contributed by atoms with E-state index in [9.17, 15) is 4.79 Å². The number of nitrogens with zero attached hydrogens (tertiary/aromatic N) is 3. The molecule has 0 bridgehead atoms. The molecular formula is C18H21BrN4O2. The summed E-state index contributed by atoms with van der Waals surface area (Å²) in [5, 5.41) is 4.21. The highest BCUT2D eigenvalue weighted by molar-refractivity contribution is 9.10. The Morgan fingerprint density at radius 2 is 2.08 bits per heavy atom. The van der Waals surface area contributed by atoms with Gasteiger partial charge in [0, 0.05) is 42.2 Å². The minimum Gasteiger partial charge on any atom is -0.381 e. The van der Waals surface area contributed by atoms with Gasteiger partial charge in [-0.05, 0) is 37.5 Å². The van der Waals surface area contributed by atoms with Gasteiger partial charge in [-0.15, -0.1) is 0 Å². The lowest BCUT2D eigenvalue weighted by Crippen LogP contribution is -2.42. The van der Waals surface area contributed by atoms with Gasteiger partial charge < -0.3 is 15.0 Å². The second kappa shape index (κ2) is 7.25. The van der Waals surface area contributed by atoms with E-state index in [1.165, 1.54) is 0 Å². The predicted molar refractivity (Wildman–Crippen MR) is 99.5 cm³/mol. The lowest BCUT2D eigenvalue weighted by Gasteiger charge is -2.25. The van der Waals surface area contributed by atoms with E-state index in [0.717, 1.165) is 60.2 Å². The molecule has 1 N–H and O–H groups in total. The van der Waals surface area contributed by atoms with Crippen LogP contribution in [0.1, 0.15) is 19.3 Å². The molecule has 7 heteroatoms. The van der Waals surface area contributed by atoms with E-state index in [1.54, 1.807) is 6.33 Å². The minimum absolute atomic E-state index is 0.0139. The Morgan fingerprint density at radius 3 is 2.92 bits per heavy atom. The molecule has 25 heavy (non-hydrogen) atoms. The number of carbonyl (C=O) groups is 1. The highest BCUT2D eigenvalue weighted by Gasteiger charge is 2.31. The van der Waals surface area contributed by atoms with Crippen molar-refractivity contribution in [1.82, 2.24) is 15.3 Å². The third-order valence-corrected chi connectivity index (χ3v) is 5.50. The molecule has 3 heterocycles. The fraction of sp³-hybridized carbons (Fsp3) is 0.500. The van der Waals surface area contributed by atoms with E-state index >= 15 is 0 Å². The van der Waals surface area contributed by atoms with E-state index in [2.05, 4.69) is 36.1 Å². The lowest BCUT2D eigenvalue weighted by atomic mass is 10.1. The highest BCUT2D eigenvalue weighted by Crippen LogP contribution is 2.30. The van der Waals surface area contributed by atoms with Gasteiger partial charge in [-0.25, -0.2) is 9.97 Å². The predicted octanol–water partition coefficient (Wildman–Crippen LogP) is 2.51. The molecule has 1 atom stereocenters. The summed E-state index contributed by atoms with van der Waals surface area (Å²) < 4.78 is 6.36. The van der Waals surface area contributed by atoms with Gasteiger partial charge in [0.15, 0.2) is 0 Å². The second-order valence-electron chi connectivity index (χ2n) is 6.69. The van der Waals surface area contributed by atoms with E-state index in [0.29, 0.717) is 6.54 Å². The Balaban J connectivity index is 1.47. The monoisotopic (exact) mass is 404 g/mol. The number of carbonyl (C=O) groups excluding carboxylic acids is 1. The summed E-state index contributed by atoms with van der Waals surface area (Å²) in [4.78, 5) is 23.6. The van der Waals surface area contributed by atoms with Gasteiger partial charge in [0.1, 0.15) is 12.1 Å². The average molecular weight is 405 g/mol. The van der Waals surface area contributed by atoms with Crippen molar-refractivity contribution >= 4 is 38.6 Å². The van der Waals surface area contributed by atoms with Crippen molar-refractivity contribution in [3.63, 3.8) is 0 Å². The SMILES string of the molecule is O=C(NC1CCOCC1)C1CCN(c2ncnc3ccc(Br)cc23)C1. The fourth-order valence-electron chi connectivity index (χ4n) is 3.59. The molecule has 0 aliphatic carbocycles. The molecule has 2 aromatic rings. The number of hydrogen-bond acceptors (Lipinski definition) is 5. The summed E-state index contributed by atoms with van der Waals surface area (Å²) in [6, 6.07) is 6.26. The van der Waals surface area contributed by atoms with Crippen LogP contribution in [0.4, 0.5) is 5.82 Å². The van der Waals surface area contributed by atoms with Crippen LogP contribution in [-0.4, -0.2) is 48.2 Å². The molecule has 4 rings (SSSR count). The maximum Gasteiger partial charge on any atom is 0.225 e. The quantitative estimate of drug-likeness (QED) is 0.850. The van der Waals surface area contributed by atoms with Gasteiger partial charge in [0.2, 0.25) is 5.91 Å². The van der Waals surface area contributed by atoms with Gasteiger partial charge >= 0.3 is 0 Å². The van der Waals surface area contributed by atoms with Crippen LogP contribution in [0.3, 0.4) is 0 Å². The molecule has 1 unspecified atom stereocenters. The maximum absolute atomic E-state index is 12.6. The maximum atomic E-state index is 12.6. The van der Waals surface area contributed by atoms with E-state index < -0.39 is 0 Å². The first-order valence-electron chi connectivity index (χ1n) is 8.74. The number of ether oxygens (including phenoxy) is 1. The molecule has 0 radical (unpaired) electrons. The van der Waals surface area contributed by atoms with Crippen LogP contribution in [0, 0.1) is 5.92 Å². The van der Waals surface area contributed by atoms with Crippen LogP contribution in [-0.2, 0) is 9.53 Å². The van der Waals surface area contributed by atoms with Gasteiger partial charge in [0.05, 0.1) is 11.4 Å². The Hall–Kier alpha value is -1.73. The number of aromatic nitrogens is 2. The number of rotatable bonds is 3. The molecule has 2 aliphatic heterocycles. The molecule has 6 nitrogen and oxygen atoms in total. The Bertz CT molecular complexity index is 779.